The van der Waals surface area contributed by atoms with Crippen LogP contribution in [0.25, 0.3) is 0 Å². The van der Waals surface area contributed by atoms with Crippen molar-refractivity contribution in [2.45, 2.75) is 4.83 Å². The first-order valence-corrected chi connectivity index (χ1v) is 4.25. The van der Waals surface area contributed by atoms with Crippen molar-refractivity contribution in [1.29, 1.82) is 0 Å². The Balaban J connectivity index is 2.50. The van der Waals surface area contributed by atoms with Crippen LogP contribution >= 0.6 is 15.9 Å². The third-order valence-electron chi connectivity index (χ3n) is 1.70. The summed E-state index contributed by atoms with van der Waals surface area (Å²) in [5, 5.41) is 0. The summed E-state index contributed by atoms with van der Waals surface area (Å²) in [7, 11) is 0. The molecule has 0 fully saturated rings. The number of alkyl halides is 1. The van der Waals surface area contributed by atoms with E-state index in [0.29, 0.717) is 12.4 Å². The highest BCUT2D eigenvalue weighted by molar-refractivity contribution is 9.09. The van der Waals surface area contributed by atoms with Crippen LogP contribution in [0.5, 0.6) is 5.75 Å². The van der Waals surface area contributed by atoms with E-state index in [9.17, 15) is 4.39 Å². The number of hydrogen-bond acceptors (Lipinski definition) is 1. The minimum atomic E-state index is -0.245. The van der Waals surface area contributed by atoms with Crippen molar-refractivity contribution in [2.24, 2.45) is 0 Å². The molecule has 1 atom stereocenters. The minimum absolute atomic E-state index is 0.220. The number of halogens is 2. The average Bonchev–Trinajstić information content (AvgIpc) is 2.32. The molecule has 0 saturated heterocycles. The predicted molar refractivity (Wildman–Crippen MR) is 43.6 cm³/mol. The van der Waals surface area contributed by atoms with E-state index in [0.717, 1.165) is 5.56 Å². The normalized spacial score (nSPS) is 21.1. The van der Waals surface area contributed by atoms with Crippen LogP contribution in [0.1, 0.15) is 10.4 Å². The van der Waals surface area contributed by atoms with Crippen LogP contribution < -0.4 is 4.74 Å². The zero-order valence-electron chi connectivity index (χ0n) is 5.68. The highest BCUT2D eigenvalue weighted by Crippen LogP contribution is 2.37. The van der Waals surface area contributed by atoms with E-state index in [1.807, 2.05) is 0 Å². The Hall–Kier alpha value is -0.570. The fourth-order valence-electron chi connectivity index (χ4n) is 1.14. The second-order valence-corrected chi connectivity index (χ2v) is 3.57. The highest BCUT2D eigenvalue weighted by Gasteiger charge is 2.21. The van der Waals surface area contributed by atoms with Crippen molar-refractivity contribution in [3.63, 3.8) is 0 Å². The van der Waals surface area contributed by atoms with E-state index in [-0.39, 0.29) is 10.6 Å². The second-order valence-electron chi connectivity index (χ2n) is 2.46. The van der Waals surface area contributed by atoms with Gasteiger partial charge in [0.05, 0.1) is 4.83 Å². The summed E-state index contributed by atoms with van der Waals surface area (Å²) in [6.07, 6.45) is 0. The van der Waals surface area contributed by atoms with Gasteiger partial charge in [-0.05, 0) is 6.07 Å². The van der Waals surface area contributed by atoms with Gasteiger partial charge in [-0.15, -0.1) is 0 Å². The SMILES string of the molecule is Fc1ccc2c(c1)OCC2Br. The lowest BCUT2D eigenvalue weighted by molar-refractivity contribution is 0.354. The van der Waals surface area contributed by atoms with Crippen LogP contribution in [0.15, 0.2) is 18.2 Å². The summed E-state index contributed by atoms with van der Waals surface area (Å²) < 4.78 is 17.8. The maximum Gasteiger partial charge on any atom is 0.126 e. The number of ether oxygens (including phenoxy) is 1. The maximum absolute atomic E-state index is 12.6. The van der Waals surface area contributed by atoms with Crippen molar-refractivity contribution >= 4 is 15.9 Å². The van der Waals surface area contributed by atoms with Gasteiger partial charge in [-0.2, -0.15) is 0 Å². The number of benzene rings is 1. The molecule has 1 heterocycles. The molecule has 0 spiro atoms. The van der Waals surface area contributed by atoms with Gasteiger partial charge in [-0.25, -0.2) is 4.39 Å². The zero-order chi connectivity index (χ0) is 7.84. The van der Waals surface area contributed by atoms with Crippen molar-refractivity contribution in [3.05, 3.63) is 29.6 Å². The number of rotatable bonds is 0. The Morgan fingerprint density at radius 3 is 3.18 bits per heavy atom. The Morgan fingerprint density at radius 2 is 2.36 bits per heavy atom. The first-order valence-electron chi connectivity index (χ1n) is 3.33. The third-order valence-corrected chi connectivity index (χ3v) is 2.46. The molecule has 11 heavy (non-hydrogen) atoms. The monoisotopic (exact) mass is 216 g/mol. The Morgan fingerprint density at radius 1 is 1.55 bits per heavy atom. The molecule has 3 heteroatoms. The molecule has 0 amide bonds. The molecule has 1 aliphatic rings. The van der Waals surface area contributed by atoms with Crippen LogP contribution in [0.4, 0.5) is 4.39 Å². The maximum atomic E-state index is 12.6. The second kappa shape index (κ2) is 2.48. The van der Waals surface area contributed by atoms with Crippen LogP contribution in [0.3, 0.4) is 0 Å². The van der Waals surface area contributed by atoms with Gasteiger partial charge in [0.1, 0.15) is 18.2 Å². The van der Waals surface area contributed by atoms with Crippen LogP contribution in [0, 0.1) is 5.82 Å². The molecule has 1 aromatic carbocycles. The molecule has 0 radical (unpaired) electrons. The quantitative estimate of drug-likeness (QED) is 0.607. The van der Waals surface area contributed by atoms with Gasteiger partial charge in [-0.3, -0.25) is 0 Å². The lowest BCUT2D eigenvalue weighted by Crippen LogP contribution is -1.89. The molecule has 1 aliphatic heterocycles. The third kappa shape index (κ3) is 1.13. The predicted octanol–water partition coefficient (Wildman–Crippen LogP) is 2.65. The summed E-state index contributed by atoms with van der Waals surface area (Å²) in [6.45, 7) is 0.596. The molecule has 2 rings (SSSR count). The van der Waals surface area contributed by atoms with E-state index in [1.165, 1.54) is 12.1 Å². The summed E-state index contributed by atoms with van der Waals surface area (Å²) in [6, 6.07) is 4.61. The summed E-state index contributed by atoms with van der Waals surface area (Å²) in [4.78, 5) is 0.220. The van der Waals surface area contributed by atoms with Gasteiger partial charge in [0, 0.05) is 11.6 Å². The molecule has 1 nitrogen and oxygen atoms in total. The summed E-state index contributed by atoms with van der Waals surface area (Å²) >= 11 is 3.41. The number of fused-ring (bicyclic) bond motifs is 1. The lowest BCUT2D eigenvalue weighted by Gasteiger charge is -1.97. The van der Waals surface area contributed by atoms with E-state index < -0.39 is 0 Å². The molecule has 0 bridgehead atoms. The van der Waals surface area contributed by atoms with Crippen molar-refractivity contribution in [1.82, 2.24) is 0 Å². The lowest BCUT2D eigenvalue weighted by atomic mass is 10.2. The molecule has 0 aliphatic carbocycles. The van der Waals surface area contributed by atoms with Gasteiger partial charge in [0.25, 0.3) is 0 Å². The smallest absolute Gasteiger partial charge is 0.126 e. The van der Waals surface area contributed by atoms with Crippen LogP contribution in [-0.2, 0) is 0 Å². The van der Waals surface area contributed by atoms with E-state index in [1.54, 1.807) is 6.07 Å². The van der Waals surface area contributed by atoms with E-state index >= 15 is 0 Å². The van der Waals surface area contributed by atoms with Gasteiger partial charge in [0.15, 0.2) is 0 Å². The molecule has 1 aromatic rings. The van der Waals surface area contributed by atoms with Crippen LogP contribution in [-0.4, -0.2) is 6.61 Å². The molecule has 0 saturated carbocycles. The van der Waals surface area contributed by atoms with E-state index in [2.05, 4.69) is 15.9 Å². The molecule has 58 valence electrons. The molecule has 0 N–H and O–H groups in total. The van der Waals surface area contributed by atoms with Crippen molar-refractivity contribution in [3.8, 4) is 5.75 Å². The largest absolute Gasteiger partial charge is 0.492 e. The first-order chi connectivity index (χ1) is 5.27. The van der Waals surface area contributed by atoms with Crippen LogP contribution in [0.2, 0.25) is 0 Å². The van der Waals surface area contributed by atoms with Gasteiger partial charge < -0.3 is 4.74 Å². The average molecular weight is 217 g/mol. The summed E-state index contributed by atoms with van der Waals surface area (Å²) in [5.41, 5.74) is 1.03. The minimum Gasteiger partial charge on any atom is -0.492 e. The summed E-state index contributed by atoms with van der Waals surface area (Å²) in [5.74, 6) is 0.414. The first kappa shape index (κ1) is 7.10. The fraction of sp³-hybridized carbons (Fsp3) is 0.250. The molecular formula is C8H6BrFO. The standard InChI is InChI=1S/C8H6BrFO/c9-7-4-11-8-3-5(10)1-2-6(7)8/h1-3,7H,4H2. The molecule has 1 unspecified atom stereocenters. The Bertz CT molecular complexity index is 287. The van der Waals surface area contributed by atoms with Gasteiger partial charge in [-0.1, -0.05) is 22.0 Å². The topological polar surface area (TPSA) is 9.23 Å². The van der Waals surface area contributed by atoms with Gasteiger partial charge in [0.2, 0.25) is 0 Å². The van der Waals surface area contributed by atoms with Crippen molar-refractivity contribution < 1.29 is 9.13 Å². The Labute approximate surface area is 72.3 Å². The van der Waals surface area contributed by atoms with E-state index in [4.69, 9.17) is 4.74 Å². The van der Waals surface area contributed by atoms with Crippen molar-refractivity contribution in [2.75, 3.05) is 6.61 Å². The number of hydrogen-bond donors (Lipinski definition) is 0. The Kier molecular flexibility index (Phi) is 1.60. The fourth-order valence-corrected chi connectivity index (χ4v) is 1.66. The molecular weight excluding hydrogens is 211 g/mol. The molecule has 0 aromatic heterocycles. The van der Waals surface area contributed by atoms with Gasteiger partial charge >= 0.3 is 0 Å². The zero-order valence-corrected chi connectivity index (χ0v) is 7.27. The highest BCUT2D eigenvalue weighted by atomic mass is 79.9.